The lowest BCUT2D eigenvalue weighted by atomic mass is 10.0. The van der Waals surface area contributed by atoms with Crippen LogP contribution in [0.3, 0.4) is 0 Å². The quantitative estimate of drug-likeness (QED) is 0.686. The van der Waals surface area contributed by atoms with Crippen LogP contribution in [0.15, 0.2) is 0 Å². The first-order valence-corrected chi connectivity index (χ1v) is 8.36. The zero-order valence-electron chi connectivity index (χ0n) is 11.7. The molecule has 0 radical (unpaired) electrons. The lowest BCUT2D eigenvalue weighted by Gasteiger charge is -2.24. The van der Waals surface area contributed by atoms with E-state index in [1.165, 1.54) is 37.2 Å². The van der Waals surface area contributed by atoms with Crippen molar-refractivity contribution in [1.82, 2.24) is 5.32 Å². The lowest BCUT2D eigenvalue weighted by molar-refractivity contribution is 0.129. The maximum absolute atomic E-state index is 5.66. The highest BCUT2D eigenvalue weighted by molar-refractivity contribution is 7.99. The molecule has 1 aliphatic rings. The fourth-order valence-corrected chi connectivity index (χ4v) is 3.50. The van der Waals surface area contributed by atoms with Crippen LogP contribution in [0.5, 0.6) is 0 Å². The van der Waals surface area contributed by atoms with E-state index in [0.29, 0.717) is 12.1 Å². The van der Waals surface area contributed by atoms with Gasteiger partial charge >= 0.3 is 0 Å². The molecular formula is C14H29NOS. The Morgan fingerprint density at radius 1 is 1.41 bits per heavy atom. The molecule has 17 heavy (non-hydrogen) atoms. The van der Waals surface area contributed by atoms with Gasteiger partial charge in [-0.15, -0.1) is 0 Å². The first kappa shape index (κ1) is 15.3. The molecule has 1 heterocycles. The van der Waals surface area contributed by atoms with Gasteiger partial charge in [-0.25, -0.2) is 0 Å². The van der Waals surface area contributed by atoms with E-state index >= 15 is 0 Å². The van der Waals surface area contributed by atoms with E-state index in [-0.39, 0.29) is 0 Å². The minimum Gasteiger partial charge on any atom is -0.377 e. The standard InChI is InChI=1S/C14H29NOS/c1-4-8-15-14(12(3)5-2)11-17-10-13-7-6-9-16-13/h12-15H,4-11H2,1-3H3. The van der Waals surface area contributed by atoms with Gasteiger partial charge in [0, 0.05) is 24.2 Å². The largest absolute Gasteiger partial charge is 0.377 e. The van der Waals surface area contributed by atoms with Crippen molar-refractivity contribution >= 4 is 11.8 Å². The van der Waals surface area contributed by atoms with Gasteiger partial charge in [-0.05, 0) is 31.7 Å². The van der Waals surface area contributed by atoms with E-state index in [9.17, 15) is 0 Å². The average Bonchev–Trinajstić information content (AvgIpc) is 2.85. The van der Waals surface area contributed by atoms with Crippen LogP contribution >= 0.6 is 11.8 Å². The van der Waals surface area contributed by atoms with Gasteiger partial charge in [-0.3, -0.25) is 0 Å². The molecule has 1 aliphatic heterocycles. The molecule has 0 bridgehead atoms. The van der Waals surface area contributed by atoms with Crippen molar-refractivity contribution in [2.45, 2.75) is 58.6 Å². The molecule has 3 heteroatoms. The third kappa shape index (κ3) is 6.12. The summed E-state index contributed by atoms with van der Waals surface area (Å²) in [6, 6.07) is 0.673. The third-order valence-corrected chi connectivity index (χ3v) is 4.81. The van der Waals surface area contributed by atoms with Crippen molar-refractivity contribution in [3.8, 4) is 0 Å². The zero-order chi connectivity index (χ0) is 12.5. The highest BCUT2D eigenvalue weighted by Gasteiger charge is 2.18. The second-order valence-corrected chi connectivity index (χ2v) is 6.19. The molecule has 1 saturated heterocycles. The van der Waals surface area contributed by atoms with Crippen molar-refractivity contribution in [3.05, 3.63) is 0 Å². The van der Waals surface area contributed by atoms with Crippen LogP contribution in [0.2, 0.25) is 0 Å². The molecule has 0 saturated carbocycles. The number of hydrogen-bond donors (Lipinski definition) is 1. The van der Waals surface area contributed by atoms with Crippen molar-refractivity contribution in [2.24, 2.45) is 5.92 Å². The Hall–Kier alpha value is 0.270. The van der Waals surface area contributed by atoms with Crippen molar-refractivity contribution in [2.75, 3.05) is 24.7 Å². The van der Waals surface area contributed by atoms with Crippen molar-refractivity contribution in [3.63, 3.8) is 0 Å². The molecule has 3 atom stereocenters. The Kier molecular flexibility index (Phi) is 8.33. The van der Waals surface area contributed by atoms with Gasteiger partial charge in [0.1, 0.15) is 0 Å². The average molecular weight is 259 g/mol. The highest BCUT2D eigenvalue weighted by atomic mass is 32.2. The molecule has 2 nitrogen and oxygen atoms in total. The Bertz CT molecular complexity index is 183. The molecule has 0 aromatic heterocycles. The Labute approximate surface area is 111 Å². The molecule has 0 amide bonds. The smallest absolute Gasteiger partial charge is 0.0666 e. The van der Waals surface area contributed by atoms with E-state index in [4.69, 9.17) is 4.74 Å². The molecular weight excluding hydrogens is 230 g/mol. The van der Waals surface area contributed by atoms with E-state index in [1.807, 2.05) is 0 Å². The Morgan fingerprint density at radius 3 is 2.82 bits per heavy atom. The normalized spacial score (nSPS) is 23.8. The van der Waals surface area contributed by atoms with Gasteiger partial charge in [0.25, 0.3) is 0 Å². The maximum atomic E-state index is 5.66. The second kappa shape index (κ2) is 9.23. The van der Waals surface area contributed by atoms with Crippen molar-refractivity contribution in [1.29, 1.82) is 0 Å². The maximum Gasteiger partial charge on any atom is 0.0666 e. The molecule has 0 spiro atoms. The first-order valence-electron chi connectivity index (χ1n) is 7.20. The highest BCUT2D eigenvalue weighted by Crippen LogP contribution is 2.19. The fourth-order valence-electron chi connectivity index (χ4n) is 2.14. The van der Waals surface area contributed by atoms with Crippen LogP contribution in [0.4, 0.5) is 0 Å². The van der Waals surface area contributed by atoms with Crippen LogP contribution in [0, 0.1) is 5.92 Å². The summed E-state index contributed by atoms with van der Waals surface area (Å²) in [4.78, 5) is 0. The van der Waals surface area contributed by atoms with E-state index in [0.717, 1.165) is 19.1 Å². The molecule has 1 N–H and O–H groups in total. The summed E-state index contributed by atoms with van der Waals surface area (Å²) in [6.45, 7) is 9.01. The molecule has 102 valence electrons. The molecule has 1 rings (SSSR count). The van der Waals surface area contributed by atoms with Crippen LogP contribution in [-0.2, 0) is 4.74 Å². The summed E-state index contributed by atoms with van der Waals surface area (Å²) >= 11 is 2.07. The van der Waals surface area contributed by atoms with Gasteiger partial charge < -0.3 is 10.1 Å². The summed E-state index contributed by atoms with van der Waals surface area (Å²) in [6.07, 6.45) is 5.55. The van der Waals surface area contributed by atoms with Gasteiger partial charge in [0.05, 0.1) is 6.10 Å². The lowest BCUT2D eigenvalue weighted by Crippen LogP contribution is -2.37. The summed E-state index contributed by atoms with van der Waals surface area (Å²) in [5.41, 5.74) is 0. The number of thioether (sulfide) groups is 1. The minimum absolute atomic E-state index is 0.531. The van der Waals surface area contributed by atoms with E-state index < -0.39 is 0 Å². The van der Waals surface area contributed by atoms with Gasteiger partial charge in [-0.1, -0.05) is 27.2 Å². The predicted octanol–water partition coefficient (Wildman–Crippen LogP) is 3.31. The summed E-state index contributed by atoms with van der Waals surface area (Å²) in [5, 5.41) is 3.68. The molecule has 3 unspecified atom stereocenters. The van der Waals surface area contributed by atoms with E-state index in [2.05, 4.69) is 37.8 Å². The van der Waals surface area contributed by atoms with Crippen LogP contribution in [0.1, 0.15) is 46.5 Å². The Morgan fingerprint density at radius 2 is 2.24 bits per heavy atom. The monoisotopic (exact) mass is 259 g/mol. The third-order valence-electron chi connectivity index (χ3n) is 3.61. The minimum atomic E-state index is 0.531. The van der Waals surface area contributed by atoms with Crippen molar-refractivity contribution < 1.29 is 4.74 Å². The Balaban J connectivity index is 2.17. The molecule has 0 aromatic carbocycles. The number of ether oxygens (including phenoxy) is 1. The van der Waals surface area contributed by atoms with Gasteiger partial charge in [0.2, 0.25) is 0 Å². The summed E-state index contributed by atoms with van der Waals surface area (Å²) < 4.78 is 5.66. The topological polar surface area (TPSA) is 21.3 Å². The number of hydrogen-bond acceptors (Lipinski definition) is 3. The number of rotatable bonds is 9. The molecule has 1 fully saturated rings. The fraction of sp³-hybridized carbons (Fsp3) is 1.00. The van der Waals surface area contributed by atoms with Crippen LogP contribution < -0.4 is 5.32 Å². The zero-order valence-corrected chi connectivity index (χ0v) is 12.5. The summed E-state index contributed by atoms with van der Waals surface area (Å²) in [7, 11) is 0. The van der Waals surface area contributed by atoms with Gasteiger partial charge in [0.15, 0.2) is 0 Å². The summed E-state index contributed by atoms with van der Waals surface area (Å²) in [5.74, 6) is 3.19. The molecule has 0 aromatic rings. The predicted molar refractivity (Wildman–Crippen MR) is 77.8 cm³/mol. The molecule has 0 aliphatic carbocycles. The SMILES string of the molecule is CCCNC(CSCC1CCCO1)C(C)CC. The second-order valence-electron chi connectivity index (χ2n) is 5.12. The van der Waals surface area contributed by atoms with Crippen LogP contribution in [0.25, 0.3) is 0 Å². The number of nitrogens with one attached hydrogen (secondary N) is 1. The van der Waals surface area contributed by atoms with Gasteiger partial charge in [-0.2, -0.15) is 11.8 Å². The van der Waals surface area contributed by atoms with E-state index in [1.54, 1.807) is 0 Å². The first-order chi connectivity index (χ1) is 8.27. The van der Waals surface area contributed by atoms with Crippen LogP contribution in [-0.4, -0.2) is 36.8 Å².